The number of aromatic nitrogens is 4. The molecule has 0 amide bonds. The quantitative estimate of drug-likeness (QED) is 0.108. The zero-order valence-electron chi connectivity index (χ0n) is 32.0. The van der Waals surface area contributed by atoms with Gasteiger partial charge in [0.1, 0.15) is 23.7 Å². The molecule has 12 nitrogen and oxygen atoms in total. The van der Waals surface area contributed by atoms with E-state index in [2.05, 4.69) is 0 Å². The van der Waals surface area contributed by atoms with Crippen LogP contribution in [-0.2, 0) is 32.4 Å². The van der Waals surface area contributed by atoms with Crippen molar-refractivity contribution in [3.05, 3.63) is 82.7 Å². The first-order valence-electron chi connectivity index (χ1n) is 17.7. The van der Waals surface area contributed by atoms with E-state index in [-0.39, 0.29) is 28.8 Å². The third-order valence-corrected chi connectivity index (χ3v) is 10.2. The monoisotopic (exact) mass is 759 g/mol. The molecule has 3 heterocycles. The van der Waals surface area contributed by atoms with Gasteiger partial charge in [-0.1, -0.05) is 39.0 Å². The number of halogens is 1. The number of hydrogen-bond acceptors (Lipinski definition) is 8. The SMILES string of the molecule is COc1ccc(-c2cnc3c(c(-c4c(C)nn(Cc5cccc(F)c5)c4C)c(C4CC4)n3C(=O)O)c2C(C)(C)C)cc1N(CC(=O)OC(C)(C)C)[SH](=O)=O. The number of fused-ring (bicyclic) bond motifs is 1. The van der Waals surface area contributed by atoms with Crippen LogP contribution in [0, 0.1) is 19.7 Å². The van der Waals surface area contributed by atoms with Crippen LogP contribution in [0.1, 0.15) is 88.5 Å². The van der Waals surface area contributed by atoms with Gasteiger partial charge in [-0.15, -0.1) is 0 Å². The number of rotatable bonds is 10. The summed E-state index contributed by atoms with van der Waals surface area (Å²) in [6.45, 7) is 14.7. The molecule has 0 radical (unpaired) electrons. The van der Waals surface area contributed by atoms with Gasteiger partial charge in [-0.2, -0.15) is 5.10 Å². The second kappa shape index (κ2) is 14.2. The molecular weight excluding hydrogens is 714 g/mol. The Balaban J connectivity index is 1.63. The number of benzene rings is 2. The van der Waals surface area contributed by atoms with Crippen LogP contribution in [0.4, 0.5) is 14.9 Å². The van der Waals surface area contributed by atoms with E-state index in [1.165, 1.54) is 23.8 Å². The fourth-order valence-electron chi connectivity index (χ4n) is 7.26. The minimum atomic E-state index is -3.31. The summed E-state index contributed by atoms with van der Waals surface area (Å²) in [7, 11) is -1.90. The van der Waals surface area contributed by atoms with E-state index in [0.29, 0.717) is 34.4 Å². The summed E-state index contributed by atoms with van der Waals surface area (Å²) in [5.74, 6) is -0.878. The molecule has 0 bridgehead atoms. The summed E-state index contributed by atoms with van der Waals surface area (Å²) in [6, 6.07) is 11.4. The van der Waals surface area contributed by atoms with Crippen molar-refractivity contribution in [3.8, 4) is 28.0 Å². The van der Waals surface area contributed by atoms with Crippen molar-refractivity contribution >= 4 is 39.7 Å². The number of thiol groups is 1. The largest absolute Gasteiger partial charge is 0.495 e. The summed E-state index contributed by atoms with van der Waals surface area (Å²) in [5.41, 5.74) is 5.37. The fraction of sp³-hybridized carbons (Fsp3) is 0.400. The normalized spacial score (nSPS) is 13.5. The molecule has 1 saturated carbocycles. The maximum Gasteiger partial charge on any atom is 0.417 e. The summed E-state index contributed by atoms with van der Waals surface area (Å²) in [4.78, 5) is 30.9. The summed E-state index contributed by atoms with van der Waals surface area (Å²) >= 11 is 0. The number of carbonyl (C=O) groups is 2. The maximum absolute atomic E-state index is 14.2. The number of esters is 1. The van der Waals surface area contributed by atoms with Gasteiger partial charge in [0.2, 0.25) is 10.9 Å². The van der Waals surface area contributed by atoms with Crippen molar-refractivity contribution in [2.75, 3.05) is 18.0 Å². The fourth-order valence-corrected chi connectivity index (χ4v) is 7.82. The smallest absolute Gasteiger partial charge is 0.417 e. The lowest BCUT2D eigenvalue weighted by Gasteiger charge is -2.26. The van der Waals surface area contributed by atoms with Gasteiger partial charge in [0.25, 0.3) is 0 Å². The molecule has 0 atom stereocenters. The standard InChI is InChI=1S/C40H46FN5O7S/c1-22-32(23(2)44(43-22)20-24-11-10-12-27(41)17-24)33-34-35(39(3,4)5)28(19-42-37(34)46(38(48)49)36(33)25-13-14-25)26-15-16-30(52-9)29(18-26)45(54(50)51)21-31(47)53-40(6,7)8/h10-12,15-19,25,54H,13-14,20-21H2,1-9H3,(H,48,49). The van der Waals surface area contributed by atoms with Gasteiger partial charge in [0.15, 0.2) is 5.65 Å². The number of nitrogens with zero attached hydrogens (tertiary/aromatic N) is 5. The van der Waals surface area contributed by atoms with Crippen molar-refractivity contribution in [1.82, 2.24) is 19.3 Å². The highest BCUT2D eigenvalue weighted by molar-refractivity contribution is 7.74. The minimum Gasteiger partial charge on any atom is -0.495 e. The van der Waals surface area contributed by atoms with Gasteiger partial charge in [-0.25, -0.2) is 27.2 Å². The molecule has 0 spiro atoms. The van der Waals surface area contributed by atoms with E-state index >= 15 is 0 Å². The number of anilines is 1. The Hall–Kier alpha value is -5.24. The van der Waals surface area contributed by atoms with E-state index in [1.54, 1.807) is 51.2 Å². The molecule has 6 rings (SSSR count). The number of methoxy groups -OCH3 is 1. The Morgan fingerprint density at radius 2 is 1.74 bits per heavy atom. The third kappa shape index (κ3) is 7.43. The number of hydrogen-bond donors (Lipinski definition) is 2. The van der Waals surface area contributed by atoms with Crippen molar-refractivity contribution < 1.29 is 37.0 Å². The number of pyridine rings is 1. The first-order chi connectivity index (χ1) is 25.3. The lowest BCUT2D eigenvalue weighted by Crippen LogP contribution is -2.34. The Bertz CT molecular complexity index is 2370. The lowest BCUT2D eigenvalue weighted by molar-refractivity contribution is -0.152. The first-order valence-corrected chi connectivity index (χ1v) is 18.9. The molecule has 5 aromatic rings. The van der Waals surface area contributed by atoms with Crippen LogP contribution in [-0.4, -0.2) is 64.2 Å². The Morgan fingerprint density at radius 3 is 2.31 bits per heavy atom. The summed E-state index contributed by atoms with van der Waals surface area (Å²) < 4.78 is 54.6. The number of carbonyl (C=O) groups excluding carboxylic acids is 1. The molecule has 1 aliphatic rings. The molecule has 14 heteroatoms. The molecule has 286 valence electrons. The molecule has 3 aromatic heterocycles. The van der Waals surface area contributed by atoms with E-state index in [9.17, 15) is 27.5 Å². The summed E-state index contributed by atoms with van der Waals surface area (Å²) in [6.07, 6.45) is 2.09. The molecule has 1 fully saturated rings. The van der Waals surface area contributed by atoms with Crippen LogP contribution >= 0.6 is 0 Å². The van der Waals surface area contributed by atoms with Gasteiger partial charge in [0, 0.05) is 45.6 Å². The van der Waals surface area contributed by atoms with Crippen LogP contribution in [0.25, 0.3) is 33.3 Å². The molecule has 0 saturated heterocycles. The average molecular weight is 760 g/mol. The molecule has 0 unspecified atom stereocenters. The van der Waals surface area contributed by atoms with Gasteiger partial charge in [0.05, 0.1) is 25.0 Å². The molecule has 2 aromatic carbocycles. The predicted octanol–water partition coefficient (Wildman–Crippen LogP) is 7.76. The molecule has 1 N–H and O–H groups in total. The van der Waals surface area contributed by atoms with Crippen LogP contribution in [0.2, 0.25) is 0 Å². The van der Waals surface area contributed by atoms with Gasteiger partial charge < -0.3 is 14.6 Å². The second-order valence-electron chi connectivity index (χ2n) is 15.7. The van der Waals surface area contributed by atoms with Crippen LogP contribution in [0.5, 0.6) is 5.75 Å². The molecule has 1 aliphatic carbocycles. The van der Waals surface area contributed by atoms with Crippen molar-refractivity contribution in [3.63, 3.8) is 0 Å². The number of carboxylic acid groups (broad SMARTS) is 1. The Morgan fingerprint density at radius 1 is 1.04 bits per heavy atom. The highest BCUT2D eigenvalue weighted by Gasteiger charge is 2.39. The average Bonchev–Trinajstić information content (AvgIpc) is 3.80. The molecular formula is C40H46FN5O7S. The highest BCUT2D eigenvalue weighted by Crippen LogP contribution is 2.52. The van der Waals surface area contributed by atoms with Crippen LogP contribution < -0.4 is 9.04 Å². The zero-order valence-corrected chi connectivity index (χ0v) is 32.9. The first kappa shape index (κ1) is 38.5. The van der Waals surface area contributed by atoms with Crippen molar-refractivity contribution in [2.45, 2.75) is 91.7 Å². The molecule has 54 heavy (non-hydrogen) atoms. The van der Waals surface area contributed by atoms with E-state index in [4.69, 9.17) is 19.6 Å². The van der Waals surface area contributed by atoms with Gasteiger partial charge in [-0.3, -0.25) is 13.8 Å². The lowest BCUT2D eigenvalue weighted by atomic mass is 9.79. The van der Waals surface area contributed by atoms with E-state index < -0.39 is 40.5 Å². The van der Waals surface area contributed by atoms with Crippen LogP contribution in [0.15, 0.2) is 48.7 Å². The van der Waals surface area contributed by atoms with Crippen molar-refractivity contribution in [1.29, 1.82) is 0 Å². The van der Waals surface area contributed by atoms with Crippen LogP contribution in [0.3, 0.4) is 0 Å². The maximum atomic E-state index is 14.2. The van der Waals surface area contributed by atoms with Gasteiger partial charge in [-0.05, 0) is 93.8 Å². The third-order valence-electron chi connectivity index (χ3n) is 9.44. The second-order valence-corrected chi connectivity index (χ2v) is 16.7. The van der Waals surface area contributed by atoms with Crippen molar-refractivity contribution in [2.24, 2.45) is 0 Å². The topological polar surface area (TPSA) is 146 Å². The van der Waals surface area contributed by atoms with E-state index in [1.807, 2.05) is 45.4 Å². The zero-order chi connectivity index (χ0) is 39.4. The van der Waals surface area contributed by atoms with E-state index in [0.717, 1.165) is 45.1 Å². The minimum absolute atomic E-state index is 0.0192. The Labute approximate surface area is 315 Å². The molecule has 0 aliphatic heterocycles. The van der Waals surface area contributed by atoms with Gasteiger partial charge >= 0.3 is 12.1 Å². The highest BCUT2D eigenvalue weighted by atomic mass is 32.2. The Kier molecular flexibility index (Phi) is 10.1. The predicted molar refractivity (Wildman–Crippen MR) is 206 cm³/mol. The summed E-state index contributed by atoms with van der Waals surface area (Å²) in [5, 5.41) is 16.3. The number of ether oxygens (including phenoxy) is 2. The number of aryl methyl sites for hydroxylation is 1.